The smallest absolute Gasteiger partial charge is 0.203 e. The van der Waals surface area contributed by atoms with E-state index in [2.05, 4.69) is 41.5 Å². The zero-order valence-electron chi connectivity index (χ0n) is 36.3. The van der Waals surface area contributed by atoms with Gasteiger partial charge in [0, 0.05) is 11.5 Å². The molecule has 4 heterocycles. The predicted molar refractivity (Wildman–Crippen MR) is 226 cm³/mol. The van der Waals surface area contributed by atoms with Gasteiger partial charge in [0.2, 0.25) is 8.32 Å². The maximum atomic E-state index is 11.7. The Balaban J connectivity index is 1.11. The maximum Gasteiger partial charge on any atom is 0.203 e. The molecule has 0 amide bonds. The highest BCUT2D eigenvalue weighted by atomic mass is 28.4. The van der Waals surface area contributed by atoms with Crippen molar-refractivity contribution in [1.82, 2.24) is 0 Å². The van der Waals surface area contributed by atoms with Gasteiger partial charge >= 0.3 is 0 Å². The van der Waals surface area contributed by atoms with Gasteiger partial charge in [-0.05, 0) is 34.7 Å². The van der Waals surface area contributed by atoms with Gasteiger partial charge in [-0.15, -0.1) is 0 Å². The van der Waals surface area contributed by atoms with Crippen LogP contribution in [0.2, 0.25) is 16.6 Å². The highest BCUT2D eigenvalue weighted by molar-refractivity contribution is 6.77. The molecule has 0 aromatic heterocycles. The van der Waals surface area contributed by atoms with Crippen LogP contribution in [-0.2, 0) is 60.3 Å². The Morgan fingerprint density at radius 2 is 1.25 bits per heavy atom. The van der Waals surface area contributed by atoms with Crippen molar-refractivity contribution in [3.05, 3.63) is 108 Å². The van der Waals surface area contributed by atoms with Gasteiger partial charge in [-0.3, -0.25) is 0 Å². The average molecular weight is 851 g/mol. The van der Waals surface area contributed by atoms with Crippen LogP contribution in [0.15, 0.2) is 91.0 Å². The van der Waals surface area contributed by atoms with Crippen LogP contribution in [0.5, 0.6) is 0 Å². The molecule has 2 N–H and O–H groups in total. The number of fused-ring (bicyclic) bond motifs is 1. The van der Waals surface area contributed by atoms with Crippen LogP contribution in [0.1, 0.15) is 78.4 Å². The summed E-state index contributed by atoms with van der Waals surface area (Å²) in [5.74, 6) is -0.166. The van der Waals surface area contributed by atoms with Crippen molar-refractivity contribution in [3.8, 4) is 0 Å². The van der Waals surface area contributed by atoms with Crippen molar-refractivity contribution in [2.45, 2.75) is 159 Å². The zero-order chi connectivity index (χ0) is 42.6. The van der Waals surface area contributed by atoms with Gasteiger partial charge in [-0.2, -0.15) is 0 Å². The maximum absolute atomic E-state index is 11.7. The molecule has 0 saturated carbocycles. The second-order valence-corrected chi connectivity index (χ2v) is 23.3. The van der Waals surface area contributed by atoms with E-state index in [-0.39, 0.29) is 49.0 Å². The molecule has 13 atom stereocenters. The SMILES string of the molecule is CC1O[C@@H](O[Si](C(C)C)(C(C)C)C(C)C)[C@@H](O)C(O)[C@H]1O[C@@H]1OC[C@@H](C)[C@@H](O[C@@H]2OC[C@@]3(COCc4ccccc4)O[C@@H](c4ccccc4)OC23)C1OCc1ccccc1. The Labute approximate surface area is 356 Å². The average Bonchev–Trinajstić information content (AvgIpc) is 3.77. The Morgan fingerprint density at radius 1 is 0.667 bits per heavy atom. The number of ether oxygens (including phenoxy) is 9. The lowest BCUT2D eigenvalue weighted by Gasteiger charge is -2.50. The fourth-order valence-corrected chi connectivity index (χ4v) is 15.1. The van der Waals surface area contributed by atoms with Crippen molar-refractivity contribution in [1.29, 1.82) is 0 Å². The van der Waals surface area contributed by atoms with E-state index in [9.17, 15) is 10.2 Å². The van der Waals surface area contributed by atoms with E-state index in [1.165, 1.54) is 0 Å². The largest absolute Gasteiger partial charge is 0.389 e. The number of aliphatic hydroxyl groups is 2. The first-order valence-corrected chi connectivity index (χ1v) is 23.9. The summed E-state index contributed by atoms with van der Waals surface area (Å²) in [6.07, 6.45) is -9.84. The van der Waals surface area contributed by atoms with E-state index in [0.29, 0.717) is 6.61 Å². The molecule has 13 heteroatoms. The highest BCUT2D eigenvalue weighted by Crippen LogP contribution is 2.47. The van der Waals surface area contributed by atoms with E-state index >= 15 is 0 Å². The first-order valence-electron chi connectivity index (χ1n) is 21.7. The van der Waals surface area contributed by atoms with Crippen LogP contribution in [0.25, 0.3) is 0 Å². The van der Waals surface area contributed by atoms with Crippen molar-refractivity contribution in [2.75, 3.05) is 19.8 Å². The molecule has 4 saturated heterocycles. The van der Waals surface area contributed by atoms with Crippen molar-refractivity contribution in [3.63, 3.8) is 0 Å². The summed E-state index contributed by atoms with van der Waals surface area (Å²) >= 11 is 0. The van der Waals surface area contributed by atoms with Crippen LogP contribution < -0.4 is 0 Å². The fourth-order valence-electron chi connectivity index (χ4n) is 9.64. The summed E-state index contributed by atoms with van der Waals surface area (Å²) in [4.78, 5) is 0. The minimum Gasteiger partial charge on any atom is -0.389 e. The van der Waals surface area contributed by atoms with Gasteiger partial charge in [0.15, 0.2) is 25.2 Å². The third kappa shape index (κ3) is 9.64. The lowest BCUT2D eigenvalue weighted by molar-refractivity contribution is -0.348. The number of hydrogen-bond donors (Lipinski definition) is 2. The number of benzene rings is 3. The van der Waals surface area contributed by atoms with Gasteiger partial charge in [0.25, 0.3) is 0 Å². The molecule has 4 aliphatic rings. The molecular formula is C47H66O12Si. The van der Waals surface area contributed by atoms with E-state index in [1.807, 2.05) is 105 Å². The van der Waals surface area contributed by atoms with Crippen molar-refractivity contribution in [2.24, 2.45) is 5.92 Å². The molecule has 4 unspecified atom stereocenters. The molecule has 0 radical (unpaired) electrons. The summed E-state index contributed by atoms with van der Waals surface area (Å²) in [6, 6.07) is 29.7. The number of rotatable bonds is 17. The lowest BCUT2D eigenvalue weighted by Crippen LogP contribution is -2.64. The summed E-state index contributed by atoms with van der Waals surface area (Å²) < 4.78 is 66.0. The molecule has 12 nitrogen and oxygen atoms in total. The van der Waals surface area contributed by atoms with Gasteiger partial charge in [0.05, 0.1) is 45.2 Å². The lowest BCUT2D eigenvalue weighted by atomic mass is 9.95. The fraction of sp³-hybridized carbons (Fsp3) is 0.617. The standard InChI is InChI=1S/C47H66O12Si/c1-29(2)60(30(3)4,31(5)6)59-44-38(49)37(48)40(33(8)54-44)56-45-41(51-26-35-20-14-10-15-21-35)39(32(7)24-52-45)55-46-42-47(28-53-46,27-50-25-34-18-12-9-13-19-34)58-43(57-42)36-22-16-11-17-23-36/h9-23,29-33,37-46,48-49H,24-28H2,1-8H3/t32-,33?,37?,38+,39-,40+,41?,42?,43+,44+,45+,46+,47-/m1/s1. The summed E-state index contributed by atoms with van der Waals surface area (Å²) in [7, 11) is -2.47. The summed E-state index contributed by atoms with van der Waals surface area (Å²) in [6.45, 7) is 18.2. The molecule has 7 rings (SSSR count). The Bertz CT molecular complexity index is 1730. The van der Waals surface area contributed by atoms with Gasteiger partial charge in [-0.1, -0.05) is 139 Å². The molecule has 3 aromatic rings. The molecule has 0 aliphatic carbocycles. The van der Waals surface area contributed by atoms with Crippen LogP contribution in [-0.4, -0.2) is 106 Å². The molecule has 3 aromatic carbocycles. The van der Waals surface area contributed by atoms with Crippen molar-refractivity contribution < 1.29 is 57.3 Å². The summed E-state index contributed by atoms with van der Waals surface area (Å²) in [5.41, 5.74) is 2.71. The molecule has 0 bridgehead atoms. The van der Waals surface area contributed by atoms with E-state index in [1.54, 1.807) is 0 Å². The quantitative estimate of drug-likeness (QED) is 0.131. The Hall–Kier alpha value is -2.60. The third-order valence-corrected chi connectivity index (χ3v) is 18.8. The number of hydrogen-bond acceptors (Lipinski definition) is 12. The van der Waals surface area contributed by atoms with Crippen LogP contribution >= 0.6 is 0 Å². The normalized spacial score (nSPS) is 34.8. The topological polar surface area (TPSA) is 133 Å². The van der Waals surface area contributed by atoms with Crippen molar-refractivity contribution >= 4 is 8.32 Å². The Morgan fingerprint density at radius 3 is 1.87 bits per heavy atom. The van der Waals surface area contributed by atoms with E-state index in [0.717, 1.165) is 16.7 Å². The van der Waals surface area contributed by atoms with Crippen LogP contribution in [0.4, 0.5) is 0 Å². The van der Waals surface area contributed by atoms with Gasteiger partial charge < -0.3 is 57.3 Å². The molecule has 4 fully saturated rings. The minimum absolute atomic E-state index is 0.166. The van der Waals surface area contributed by atoms with Crippen LogP contribution in [0, 0.1) is 5.92 Å². The van der Waals surface area contributed by atoms with E-state index in [4.69, 9.17) is 47.1 Å². The third-order valence-electron chi connectivity index (χ3n) is 12.7. The molecule has 60 heavy (non-hydrogen) atoms. The minimum atomic E-state index is -2.47. The number of aliphatic hydroxyl groups excluding tert-OH is 2. The second-order valence-electron chi connectivity index (χ2n) is 17.9. The molecular weight excluding hydrogens is 785 g/mol. The van der Waals surface area contributed by atoms with Gasteiger partial charge in [0.1, 0.15) is 36.1 Å². The first-order chi connectivity index (χ1) is 28.8. The molecule has 0 spiro atoms. The van der Waals surface area contributed by atoms with E-state index < -0.39 is 81.8 Å². The summed E-state index contributed by atoms with van der Waals surface area (Å²) in [5, 5.41) is 23.3. The van der Waals surface area contributed by atoms with Crippen LogP contribution in [0.3, 0.4) is 0 Å². The zero-order valence-corrected chi connectivity index (χ0v) is 37.3. The molecule has 330 valence electrons. The predicted octanol–water partition coefficient (Wildman–Crippen LogP) is 7.42. The highest BCUT2D eigenvalue weighted by Gasteiger charge is 2.61. The molecule has 4 aliphatic heterocycles. The van der Waals surface area contributed by atoms with Gasteiger partial charge in [-0.25, -0.2) is 0 Å². The second kappa shape index (κ2) is 19.8. The first kappa shape index (κ1) is 45.4. The monoisotopic (exact) mass is 850 g/mol. The Kier molecular flexibility index (Phi) is 15.0.